The molecule has 3 nitrogen and oxygen atoms in total. The van der Waals surface area contributed by atoms with Crippen LogP contribution < -0.4 is 10.5 Å². The Morgan fingerprint density at radius 1 is 1.14 bits per heavy atom. The molecule has 2 N–H and O–H groups in total. The Morgan fingerprint density at radius 3 is 2.52 bits per heavy atom. The molecule has 21 heavy (non-hydrogen) atoms. The van der Waals surface area contributed by atoms with Crippen LogP contribution in [0.2, 0.25) is 0 Å². The second-order valence-corrected chi connectivity index (χ2v) is 4.72. The van der Waals surface area contributed by atoms with Crippen molar-refractivity contribution in [3.8, 4) is 5.75 Å². The summed E-state index contributed by atoms with van der Waals surface area (Å²) in [5.41, 5.74) is 6.60. The number of hydrogen-bond acceptors (Lipinski definition) is 3. The van der Waals surface area contributed by atoms with Gasteiger partial charge in [-0.1, -0.05) is 36.4 Å². The zero-order chi connectivity index (χ0) is 15.5. The van der Waals surface area contributed by atoms with E-state index in [9.17, 15) is 13.2 Å². The first-order valence-electron chi connectivity index (χ1n) is 6.43. The first-order valence-corrected chi connectivity index (χ1v) is 6.43. The molecule has 0 aliphatic carbocycles. The average molecular weight is 299 g/mol. The molecule has 0 heterocycles. The maximum absolute atomic E-state index is 12.0. The molecule has 0 fully saturated rings. The number of rotatable bonds is 5. The van der Waals surface area contributed by atoms with Crippen molar-refractivity contribution >= 4 is 10.8 Å². The second-order valence-electron chi connectivity index (χ2n) is 4.72. The first kappa shape index (κ1) is 15.6. The number of benzene rings is 2. The maximum Gasteiger partial charge on any atom is 0.411 e. The molecular formula is C15H16F3NO2. The third-order valence-corrected chi connectivity index (χ3v) is 2.95. The number of hydrogen-bond donors (Lipinski definition) is 1. The highest BCUT2D eigenvalue weighted by Crippen LogP contribution is 2.33. The third kappa shape index (κ3) is 4.09. The molecule has 2 rings (SSSR count). The van der Waals surface area contributed by atoms with Gasteiger partial charge in [-0.25, -0.2) is 0 Å². The summed E-state index contributed by atoms with van der Waals surface area (Å²) in [6.45, 7) is -0.0357. The lowest BCUT2D eigenvalue weighted by Crippen LogP contribution is -2.19. The molecule has 6 heteroatoms. The van der Waals surface area contributed by atoms with E-state index in [0.29, 0.717) is 5.75 Å². The third-order valence-electron chi connectivity index (χ3n) is 2.95. The summed E-state index contributed by atoms with van der Waals surface area (Å²) >= 11 is 0. The summed E-state index contributed by atoms with van der Waals surface area (Å²) in [5.74, 6) is 0.463. The highest BCUT2D eigenvalue weighted by molar-refractivity contribution is 5.89. The van der Waals surface area contributed by atoms with Gasteiger partial charge in [0.1, 0.15) is 12.4 Å². The monoisotopic (exact) mass is 299 g/mol. The van der Waals surface area contributed by atoms with Crippen LogP contribution in [0.25, 0.3) is 10.8 Å². The van der Waals surface area contributed by atoms with Gasteiger partial charge < -0.3 is 15.2 Å². The van der Waals surface area contributed by atoms with Gasteiger partial charge in [0.2, 0.25) is 0 Å². The molecule has 0 aliphatic rings. The predicted octanol–water partition coefficient (Wildman–Crippen LogP) is 3.77. The fourth-order valence-corrected chi connectivity index (χ4v) is 2.04. The lowest BCUT2D eigenvalue weighted by atomic mass is 10.0. The summed E-state index contributed by atoms with van der Waals surface area (Å²) in [7, 11) is 0. The lowest BCUT2D eigenvalue weighted by molar-refractivity contribution is -0.186. The van der Waals surface area contributed by atoms with E-state index >= 15 is 0 Å². The van der Waals surface area contributed by atoms with Crippen LogP contribution in [0, 0.1) is 0 Å². The molecule has 2 aromatic rings. The van der Waals surface area contributed by atoms with E-state index in [1.165, 1.54) is 0 Å². The summed E-state index contributed by atoms with van der Waals surface area (Å²) in [4.78, 5) is 0. The molecule has 0 radical (unpaired) electrons. The Morgan fingerprint density at radius 2 is 1.86 bits per heavy atom. The molecule has 0 saturated heterocycles. The van der Waals surface area contributed by atoms with Crippen LogP contribution in [-0.2, 0) is 4.74 Å². The highest BCUT2D eigenvalue weighted by atomic mass is 19.4. The number of ether oxygens (including phenoxy) is 2. The van der Waals surface area contributed by atoms with Crippen LogP contribution in [0.15, 0.2) is 36.4 Å². The predicted molar refractivity (Wildman–Crippen MR) is 74.1 cm³/mol. The van der Waals surface area contributed by atoms with Crippen LogP contribution in [0.5, 0.6) is 5.75 Å². The molecule has 114 valence electrons. The largest absolute Gasteiger partial charge is 0.467 e. The van der Waals surface area contributed by atoms with Crippen molar-refractivity contribution in [3.63, 3.8) is 0 Å². The van der Waals surface area contributed by atoms with Gasteiger partial charge in [-0.15, -0.1) is 0 Å². The molecule has 0 saturated carbocycles. The van der Waals surface area contributed by atoms with E-state index in [-0.39, 0.29) is 6.04 Å². The van der Waals surface area contributed by atoms with E-state index in [1.54, 1.807) is 6.92 Å². The van der Waals surface area contributed by atoms with Gasteiger partial charge in [-0.3, -0.25) is 0 Å². The Bertz CT molecular complexity index is 611. The summed E-state index contributed by atoms with van der Waals surface area (Å²) in [6.07, 6.45) is -4.37. The number of fused-ring (bicyclic) bond motifs is 1. The van der Waals surface area contributed by atoms with Crippen molar-refractivity contribution in [2.24, 2.45) is 5.73 Å². The van der Waals surface area contributed by atoms with Crippen molar-refractivity contribution in [1.29, 1.82) is 0 Å². The molecule has 0 aliphatic heterocycles. The van der Waals surface area contributed by atoms with Crippen LogP contribution in [0.3, 0.4) is 0 Å². The van der Waals surface area contributed by atoms with Crippen LogP contribution in [-0.4, -0.2) is 19.6 Å². The van der Waals surface area contributed by atoms with Crippen molar-refractivity contribution < 1.29 is 22.6 Å². The minimum absolute atomic E-state index is 0.299. The van der Waals surface area contributed by atoms with E-state index in [2.05, 4.69) is 4.74 Å². The SMILES string of the molecule is C[C@@H](N)c1ccc2ccccc2c1OCOCC(F)(F)F. The quantitative estimate of drug-likeness (QED) is 0.675. The topological polar surface area (TPSA) is 44.5 Å². The zero-order valence-corrected chi connectivity index (χ0v) is 11.5. The van der Waals surface area contributed by atoms with Gasteiger partial charge in [0, 0.05) is 17.0 Å². The summed E-state index contributed by atoms with van der Waals surface area (Å²) < 4.78 is 46.0. The second kappa shape index (κ2) is 6.32. The van der Waals surface area contributed by atoms with Gasteiger partial charge in [0.05, 0.1) is 0 Å². The smallest absolute Gasteiger partial charge is 0.411 e. The number of alkyl halides is 3. The summed E-state index contributed by atoms with van der Waals surface area (Å²) in [5, 5.41) is 1.72. The fraction of sp³-hybridized carbons (Fsp3) is 0.333. The normalized spacial score (nSPS) is 13.4. The molecular weight excluding hydrogens is 283 g/mol. The molecule has 0 amide bonds. The maximum atomic E-state index is 12.0. The Kier molecular flexibility index (Phi) is 4.69. The van der Waals surface area contributed by atoms with Crippen LogP contribution >= 0.6 is 0 Å². The molecule has 2 aromatic carbocycles. The molecule has 0 bridgehead atoms. The number of halogens is 3. The fourth-order valence-electron chi connectivity index (χ4n) is 2.04. The first-order chi connectivity index (χ1) is 9.88. The molecule has 0 spiro atoms. The Balaban J connectivity index is 2.21. The zero-order valence-electron chi connectivity index (χ0n) is 11.5. The minimum Gasteiger partial charge on any atom is -0.467 e. The Hall–Kier alpha value is -1.79. The molecule has 0 aromatic heterocycles. The molecule has 1 atom stereocenters. The highest BCUT2D eigenvalue weighted by Gasteiger charge is 2.27. The van der Waals surface area contributed by atoms with Crippen molar-refractivity contribution in [3.05, 3.63) is 42.0 Å². The standard InChI is InChI=1S/C15H16F3NO2/c1-10(19)12-7-6-11-4-2-3-5-13(11)14(12)21-9-20-8-15(16,17)18/h2-7,10H,8-9,19H2,1H3/t10-/m1/s1. The van der Waals surface area contributed by atoms with Crippen LogP contribution in [0.4, 0.5) is 13.2 Å². The Labute approximate surface area is 120 Å². The van der Waals surface area contributed by atoms with Gasteiger partial charge in [0.25, 0.3) is 0 Å². The van der Waals surface area contributed by atoms with Gasteiger partial charge in [-0.05, 0) is 12.3 Å². The van der Waals surface area contributed by atoms with Crippen molar-refractivity contribution in [2.45, 2.75) is 19.1 Å². The lowest BCUT2D eigenvalue weighted by Gasteiger charge is -2.17. The van der Waals surface area contributed by atoms with E-state index < -0.39 is 19.6 Å². The summed E-state index contributed by atoms with van der Waals surface area (Å²) in [6, 6.07) is 10.8. The van der Waals surface area contributed by atoms with E-state index in [0.717, 1.165) is 16.3 Å². The van der Waals surface area contributed by atoms with Crippen molar-refractivity contribution in [1.82, 2.24) is 0 Å². The van der Waals surface area contributed by atoms with E-state index in [4.69, 9.17) is 10.5 Å². The van der Waals surface area contributed by atoms with Crippen LogP contribution in [0.1, 0.15) is 18.5 Å². The minimum atomic E-state index is -4.37. The van der Waals surface area contributed by atoms with Gasteiger partial charge in [0.15, 0.2) is 6.79 Å². The van der Waals surface area contributed by atoms with Crippen molar-refractivity contribution in [2.75, 3.05) is 13.4 Å². The average Bonchev–Trinajstić information content (AvgIpc) is 2.42. The van der Waals surface area contributed by atoms with E-state index in [1.807, 2.05) is 36.4 Å². The van der Waals surface area contributed by atoms with Gasteiger partial charge >= 0.3 is 6.18 Å². The molecule has 0 unspecified atom stereocenters. The number of nitrogens with two attached hydrogens (primary N) is 1. The van der Waals surface area contributed by atoms with Gasteiger partial charge in [-0.2, -0.15) is 13.2 Å².